The number of hydrogen-bond acceptors (Lipinski definition) is 6. The normalized spacial score (nSPS) is 9.68. The van der Waals surface area contributed by atoms with Crippen molar-refractivity contribution in [1.82, 2.24) is 9.97 Å². The van der Waals surface area contributed by atoms with Gasteiger partial charge in [0.15, 0.2) is 0 Å². The number of rotatable bonds is 3. The van der Waals surface area contributed by atoms with Gasteiger partial charge in [-0.3, -0.25) is 15.1 Å². The molecule has 0 aliphatic rings. The SMILES string of the molecule is N#Cc1ccnc(Oc2cncc(Br)c2)c1[N+](=O)[O-]. The fraction of sp³-hybridized carbons (Fsp3) is 0. The summed E-state index contributed by atoms with van der Waals surface area (Å²) >= 11 is 3.20. The lowest BCUT2D eigenvalue weighted by Crippen LogP contribution is -1.99. The third-order valence-electron chi connectivity index (χ3n) is 2.09. The van der Waals surface area contributed by atoms with Gasteiger partial charge in [0.25, 0.3) is 0 Å². The summed E-state index contributed by atoms with van der Waals surface area (Å²) in [5.74, 6) is 0.0315. The number of halogens is 1. The first-order chi connectivity index (χ1) is 9.11. The van der Waals surface area contributed by atoms with Gasteiger partial charge in [0.05, 0.1) is 11.1 Å². The average molecular weight is 321 g/mol. The van der Waals surface area contributed by atoms with E-state index in [2.05, 4.69) is 25.9 Å². The van der Waals surface area contributed by atoms with Crippen LogP contribution in [0.2, 0.25) is 0 Å². The number of pyridine rings is 2. The summed E-state index contributed by atoms with van der Waals surface area (Å²) in [6, 6.07) is 4.56. The Balaban J connectivity index is 2.46. The van der Waals surface area contributed by atoms with Crippen LogP contribution in [-0.2, 0) is 0 Å². The second-order valence-electron chi connectivity index (χ2n) is 3.32. The van der Waals surface area contributed by atoms with Gasteiger partial charge in [-0.2, -0.15) is 5.26 Å². The minimum absolute atomic E-state index is 0.113. The largest absolute Gasteiger partial charge is 0.432 e. The number of nitrogens with zero attached hydrogens (tertiary/aromatic N) is 4. The van der Waals surface area contributed by atoms with Crippen LogP contribution in [0.15, 0.2) is 35.2 Å². The highest BCUT2D eigenvalue weighted by molar-refractivity contribution is 9.10. The van der Waals surface area contributed by atoms with Gasteiger partial charge in [0, 0.05) is 16.9 Å². The highest BCUT2D eigenvalue weighted by atomic mass is 79.9. The maximum absolute atomic E-state index is 11.0. The summed E-state index contributed by atoms with van der Waals surface area (Å²) in [6.07, 6.45) is 4.20. The molecule has 0 amide bonds. The van der Waals surface area contributed by atoms with Crippen molar-refractivity contribution in [3.8, 4) is 17.7 Å². The molecule has 0 N–H and O–H groups in total. The van der Waals surface area contributed by atoms with Crippen LogP contribution >= 0.6 is 15.9 Å². The Kier molecular flexibility index (Phi) is 3.68. The zero-order valence-electron chi connectivity index (χ0n) is 9.28. The molecule has 0 aromatic carbocycles. The zero-order valence-corrected chi connectivity index (χ0v) is 10.9. The molecule has 0 saturated heterocycles. The van der Waals surface area contributed by atoms with E-state index in [4.69, 9.17) is 10.00 Å². The summed E-state index contributed by atoms with van der Waals surface area (Å²) in [6.45, 7) is 0. The van der Waals surface area contributed by atoms with Crippen molar-refractivity contribution >= 4 is 21.6 Å². The third-order valence-corrected chi connectivity index (χ3v) is 2.52. The Morgan fingerprint density at radius 1 is 1.47 bits per heavy atom. The Morgan fingerprint density at radius 3 is 2.89 bits per heavy atom. The summed E-state index contributed by atoms with van der Waals surface area (Å²) in [4.78, 5) is 17.9. The summed E-state index contributed by atoms with van der Waals surface area (Å²) in [5.41, 5.74) is -0.581. The van der Waals surface area contributed by atoms with Crippen molar-refractivity contribution in [1.29, 1.82) is 5.26 Å². The molecule has 0 atom stereocenters. The highest BCUT2D eigenvalue weighted by Gasteiger charge is 2.23. The van der Waals surface area contributed by atoms with Gasteiger partial charge in [-0.05, 0) is 28.1 Å². The van der Waals surface area contributed by atoms with Crippen molar-refractivity contribution < 1.29 is 9.66 Å². The van der Waals surface area contributed by atoms with Crippen molar-refractivity contribution in [2.75, 3.05) is 0 Å². The molecule has 7 nitrogen and oxygen atoms in total. The van der Waals surface area contributed by atoms with Gasteiger partial charge in [-0.25, -0.2) is 4.98 Å². The van der Waals surface area contributed by atoms with Crippen LogP contribution in [0.3, 0.4) is 0 Å². The molecule has 0 aliphatic carbocycles. The number of nitriles is 1. The number of nitro groups is 1. The Morgan fingerprint density at radius 2 is 2.26 bits per heavy atom. The quantitative estimate of drug-likeness (QED) is 0.636. The predicted molar refractivity (Wildman–Crippen MR) is 67.6 cm³/mol. The van der Waals surface area contributed by atoms with Crippen LogP contribution in [-0.4, -0.2) is 14.9 Å². The standard InChI is InChI=1S/C11H5BrN4O3/c12-8-3-9(6-14-5-8)19-11-10(16(17)18)7(4-13)1-2-15-11/h1-3,5-6H. The lowest BCUT2D eigenvalue weighted by molar-refractivity contribution is -0.386. The molecule has 0 saturated carbocycles. The molecular formula is C11H5BrN4O3. The first-order valence-corrected chi connectivity index (χ1v) is 5.73. The summed E-state index contributed by atoms with van der Waals surface area (Å²) in [7, 11) is 0. The fourth-order valence-corrected chi connectivity index (χ4v) is 1.68. The van der Waals surface area contributed by atoms with E-state index in [-0.39, 0.29) is 17.2 Å². The maximum Gasteiger partial charge on any atom is 0.348 e. The molecule has 0 unspecified atom stereocenters. The van der Waals surface area contributed by atoms with Crippen LogP contribution in [0.25, 0.3) is 0 Å². The summed E-state index contributed by atoms with van der Waals surface area (Å²) < 4.78 is 5.95. The number of ether oxygens (including phenoxy) is 1. The lowest BCUT2D eigenvalue weighted by atomic mass is 10.2. The molecule has 0 radical (unpaired) electrons. The van der Waals surface area contributed by atoms with Gasteiger partial charge < -0.3 is 4.74 Å². The minimum Gasteiger partial charge on any atom is -0.432 e. The van der Waals surface area contributed by atoms with Gasteiger partial charge in [0.2, 0.25) is 0 Å². The number of aromatic nitrogens is 2. The first kappa shape index (κ1) is 12.9. The molecular weight excluding hydrogens is 316 g/mol. The van der Waals surface area contributed by atoms with Gasteiger partial charge in [-0.1, -0.05) is 0 Å². The Labute approximate surface area is 115 Å². The fourth-order valence-electron chi connectivity index (χ4n) is 1.34. The molecule has 0 spiro atoms. The lowest BCUT2D eigenvalue weighted by Gasteiger charge is -2.05. The molecule has 2 heterocycles. The van der Waals surface area contributed by atoms with Crippen LogP contribution < -0.4 is 4.74 Å². The van der Waals surface area contributed by atoms with Crippen LogP contribution in [0.4, 0.5) is 5.69 Å². The van der Waals surface area contributed by atoms with Crippen LogP contribution in [0.1, 0.15) is 5.56 Å². The van der Waals surface area contributed by atoms with Gasteiger partial charge in [0.1, 0.15) is 17.4 Å². The highest BCUT2D eigenvalue weighted by Crippen LogP contribution is 2.32. The van der Waals surface area contributed by atoms with E-state index in [1.165, 1.54) is 18.5 Å². The van der Waals surface area contributed by atoms with E-state index in [9.17, 15) is 10.1 Å². The van der Waals surface area contributed by atoms with Gasteiger partial charge >= 0.3 is 11.6 Å². The van der Waals surface area contributed by atoms with Crippen molar-refractivity contribution in [3.05, 3.63) is 50.9 Å². The van der Waals surface area contributed by atoms with E-state index in [0.29, 0.717) is 4.47 Å². The predicted octanol–water partition coefficient (Wildman–Crippen LogP) is 2.81. The Hall–Kier alpha value is -2.53. The zero-order chi connectivity index (χ0) is 13.8. The third kappa shape index (κ3) is 2.83. The minimum atomic E-state index is -0.702. The van der Waals surface area contributed by atoms with Crippen LogP contribution in [0, 0.1) is 21.4 Å². The van der Waals surface area contributed by atoms with Gasteiger partial charge in [-0.15, -0.1) is 0 Å². The molecule has 0 fully saturated rings. The summed E-state index contributed by atoms with van der Waals surface area (Å²) in [5, 5.41) is 19.8. The van der Waals surface area contributed by atoms with Crippen LogP contribution in [0.5, 0.6) is 11.6 Å². The second kappa shape index (κ2) is 5.41. The molecule has 0 aliphatic heterocycles. The average Bonchev–Trinajstić information content (AvgIpc) is 2.38. The second-order valence-corrected chi connectivity index (χ2v) is 4.24. The molecule has 2 aromatic rings. The monoisotopic (exact) mass is 320 g/mol. The van der Waals surface area contributed by atoms with E-state index < -0.39 is 10.6 Å². The molecule has 94 valence electrons. The topological polar surface area (TPSA) is 102 Å². The smallest absolute Gasteiger partial charge is 0.348 e. The van der Waals surface area contributed by atoms with Crippen molar-refractivity contribution in [3.63, 3.8) is 0 Å². The molecule has 8 heteroatoms. The molecule has 2 rings (SSSR count). The number of hydrogen-bond donors (Lipinski definition) is 0. The van der Waals surface area contributed by atoms with E-state index in [1.807, 2.05) is 0 Å². The molecule has 2 aromatic heterocycles. The van der Waals surface area contributed by atoms with Crippen molar-refractivity contribution in [2.45, 2.75) is 0 Å². The Bertz CT molecular complexity index is 684. The van der Waals surface area contributed by atoms with E-state index in [1.54, 1.807) is 18.3 Å². The van der Waals surface area contributed by atoms with E-state index in [0.717, 1.165) is 0 Å². The molecule has 0 bridgehead atoms. The molecule has 19 heavy (non-hydrogen) atoms. The van der Waals surface area contributed by atoms with E-state index >= 15 is 0 Å². The first-order valence-electron chi connectivity index (χ1n) is 4.93. The maximum atomic E-state index is 11.0. The van der Waals surface area contributed by atoms with Crippen molar-refractivity contribution in [2.24, 2.45) is 0 Å².